The maximum atomic E-state index is 11.3. The van der Waals surface area contributed by atoms with Gasteiger partial charge in [0.2, 0.25) is 6.41 Å². The quantitative estimate of drug-likeness (QED) is 0.496. The molecule has 1 aliphatic heterocycles. The molecule has 1 saturated carbocycles. The predicted octanol–water partition coefficient (Wildman–Crippen LogP) is 1.62. The van der Waals surface area contributed by atoms with Crippen LogP contribution in [0.15, 0.2) is 6.20 Å². The zero-order chi connectivity index (χ0) is 21.5. The zero-order valence-electron chi connectivity index (χ0n) is 18.5. The van der Waals surface area contributed by atoms with E-state index >= 15 is 0 Å². The van der Waals surface area contributed by atoms with Crippen molar-refractivity contribution in [3.63, 3.8) is 0 Å². The Kier molecular flexibility index (Phi) is 8.81. The van der Waals surface area contributed by atoms with Gasteiger partial charge in [-0.3, -0.25) is 4.79 Å². The van der Waals surface area contributed by atoms with E-state index in [2.05, 4.69) is 35.9 Å². The van der Waals surface area contributed by atoms with Crippen molar-refractivity contribution >= 4 is 30.2 Å². The van der Waals surface area contributed by atoms with Crippen LogP contribution in [0.1, 0.15) is 33.1 Å². The highest BCUT2D eigenvalue weighted by atomic mass is 35.5. The molecule has 3 atom stereocenters. The lowest BCUT2D eigenvalue weighted by molar-refractivity contribution is -0.119. The number of carbonyl (C=O) groups excluding carboxylic acids is 1. The van der Waals surface area contributed by atoms with E-state index in [9.17, 15) is 4.79 Å². The molecule has 7 heteroatoms. The van der Waals surface area contributed by atoms with Gasteiger partial charge in [-0.1, -0.05) is 30.7 Å². The van der Waals surface area contributed by atoms with E-state index in [-0.39, 0.29) is 0 Å². The highest BCUT2D eigenvalue weighted by Crippen LogP contribution is 2.28. The van der Waals surface area contributed by atoms with Gasteiger partial charge in [0.05, 0.1) is 17.7 Å². The van der Waals surface area contributed by atoms with Gasteiger partial charge >= 0.3 is 0 Å². The molecule has 30 heavy (non-hydrogen) atoms. The number of methoxy groups -OCH3 is 1. The first-order valence-electron chi connectivity index (χ1n) is 11.1. The Balaban J connectivity index is 0.000000310. The number of amides is 1. The molecule has 3 unspecified atom stereocenters. The van der Waals surface area contributed by atoms with Crippen molar-refractivity contribution in [2.45, 2.75) is 51.8 Å². The molecule has 168 valence electrons. The van der Waals surface area contributed by atoms with Gasteiger partial charge in [-0.25, -0.2) is 0 Å². The number of carbonyl (C=O) groups is 1. The maximum Gasteiger partial charge on any atom is 0.209 e. The summed E-state index contributed by atoms with van der Waals surface area (Å²) in [4.78, 5) is 13.3. The Morgan fingerprint density at radius 3 is 2.73 bits per heavy atom. The normalized spacial score (nSPS) is 25.3. The van der Waals surface area contributed by atoms with Crippen molar-refractivity contribution < 1.29 is 14.3 Å². The summed E-state index contributed by atoms with van der Waals surface area (Å²) in [6.07, 6.45) is 11.3. The second-order valence-electron chi connectivity index (χ2n) is 8.59. The fraction of sp³-hybridized carbons (Fsp3) is 0.696. The van der Waals surface area contributed by atoms with E-state index in [1.807, 2.05) is 11.1 Å². The van der Waals surface area contributed by atoms with Gasteiger partial charge in [0.25, 0.3) is 0 Å². The molecule has 6 nitrogen and oxygen atoms in total. The average Bonchev–Trinajstić information content (AvgIpc) is 3.54. The van der Waals surface area contributed by atoms with Crippen LogP contribution in [0.5, 0.6) is 0 Å². The van der Waals surface area contributed by atoms with Crippen LogP contribution in [0.4, 0.5) is 0 Å². The minimum Gasteiger partial charge on any atom is -0.385 e. The topological polar surface area (TPSA) is 55.7 Å². The number of aromatic nitrogens is 1. The Labute approximate surface area is 184 Å². The number of fused-ring (bicyclic) bond motifs is 1. The summed E-state index contributed by atoms with van der Waals surface area (Å²) in [6.45, 7) is 9.63. The van der Waals surface area contributed by atoms with Crippen molar-refractivity contribution in [2.75, 3.05) is 40.0 Å². The van der Waals surface area contributed by atoms with Gasteiger partial charge in [0.1, 0.15) is 0 Å². The van der Waals surface area contributed by atoms with Crippen LogP contribution in [0.3, 0.4) is 0 Å². The summed E-state index contributed by atoms with van der Waals surface area (Å²) in [7, 11) is 1.72. The highest BCUT2D eigenvalue weighted by molar-refractivity contribution is 6.30. The maximum absolute atomic E-state index is 11.3. The second-order valence-corrected chi connectivity index (χ2v) is 9.00. The molecule has 1 saturated heterocycles. The van der Waals surface area contributed by atoms with Crippen LogP contribution in [-0.2, 0) is 20.8 Å². The molecule has 1 N–H and O–H groups in total. The predicted molar refractivity (Wildman–Crippen MR) is 121 cm³/mol. The van der Waals surface area contributed by atoms with Crippen LogP contribution < -0.4 is 15.9 Å². The van der Waals surface area contributed by atoms with Gasteiger partial charge in [0.15, 0.2) is 0 Å². The minimum absolute atomic E-state index is 0.348. The van der Waals surface area contributed by atoms with E-state index in [4.69, 9.17) is 21.1 Å². The van der Waals surface area contributed by atoms with E-state index in [0.29, 0.717) is 24.0 Å². The van der Waals surface area contributed by atoms with Crippen LogP contribution in [0.2, 0.25) is 5.02 Å². The van der Waals surface area contributed by atoms with E-state index in [1.165, 1.54) is 5.35 Å². The summed E-state index contributed by atoms with van der Waals surface area (Å²) >= 11 is 6.41. The van der Waals surface area contributed by atoms with Gasteiger partial charge in [0, 0.05) is 68.6 Å². The summed E-state index contributed by atoms with van der Waals surface area (Å²) in [5.74, 6) is 0.733. The molecule has 4 rings (SSSR count). The van der Waals surface area contributed by atoms with E-state index in [1.54, 1.807) is 7.11 Å². The summed E-state index contributed by atoms with van der Waals surface area (Å²) < 4.78 is 12.6. The molecule has 1 aromatic heterocycles. The largest absolute Gasteiger partial charge is 0.385 e. The SMILES string of the molecule is CC1CNCCO1.COCCCn1cc(Cl)c2c1=CC(CN(C=O)C1CC1)C(C)C=2. The lowest BCUT2D eigenvalue weighted by Gasteiger charge is -2.26. The van der Waals surface area contributed by atoms with Gasteiger partial charge < -0.3 is 24.3 Å². The molecule has 0 spiro atoms. The van der Waals surface area contributed by atoms with Crippen molar-refractivity contribution in [3.8, 4) is 0 Å². The number of nitrogens with zero attached hydrogens (tertiary/aromatic N) is 2. The first-order chi connectivity index (χ1) is 14.5. The molecule has 2 fully saturated rings. The van der Waals surface area contributed by atoms with Gasteiger partial charge in [-0.05, 0) is 32.1 Å². The van der Waals surface area contributed by atoms with E-state index in [0.717, 1.165) is 75.3 Å². The van der Waals surface area contributed by atoms with Crippen LogP contribution in [0, 0.1) is 11.8 Å². The number of morpholine rings is 1. The first kappa shape index (κ1) is 23.3. The number of nitrogens with one attached hydrogen (secondary N) is 1. The molecular formula is C23H36ClN3O3. The van der Waals surface area contributed by atoms with Gasteiger partial charge in [-0.15, -0.1) is 0 Å². The van der Waals surface area contributed by atoms with Crippen molar-refractivity contribution in [1.29, 1.82) is 0 Å². The fourth-order valence-electron chi connectivity index (χ4n) is 4.05. The number of ether oxygens (including phenoxy) is 2. The summed E-state index contributed by atoms with van der Waals surface area (Å²) in [5.41, 5.74) is 0. The Morgan fingerprint density at radius 1 is 1.37 bits per heavy atom. The number of hydrogen-bond acceptors (Lipinski definition) is 4. The Morgan fingerprint density at radius 2 is 2.17 bits per heavy atom. The highest BCUT2D eigenvalue weighted by Gasteiger charge is 2.31. The Hall–Kier alpha value is -1.34. The van der Waals surface area contributed by atoms with Crippen LogP contribution in [-0.4, -0.2) is 68.0 Å². The van der Waals surface area contributed by atoms with Crippen LogP contribution >= 0.6 is 11.6 Å². The molecular weight excluding hydrogens is 402 g/mol. The molecule has 0 bridgehead atoms. The summed E-state index contributed by atoms with van der Waals surface area (Å²) in [5, 5.41) is 6.35. The molecule has 1 aromatic rings. The van der Waals surface area contributed by atoms with Crippen LogP contribution in [0.25, 0.3) is 12.2 Å². The smallest absolute Gasteiger partial charge is 0.209 e. The molecule has 0 aromatic carbocycles. The second kappa shape index (κ2) is 11.3. The third-order valence-electron chi connectivity index (χ3n) is 6.02. The fourth-order valence-corrected chi connectivity index (χ4v) is 4.33. The standard InChI is InChI=1S/C18H25ClN2O2.C5H11NO/c1-13-8-16-17(19)11-20(6-3-7-23-2)18(16)9-14(13)10-21(12-22)15-4-5-15;1-5-4-6-2-3-7-5/h8-9,11-15H,3-7,10H2,1-2H3;5-6H,2-4H2,1H3. The molecule has 0 radical (unpaired) electrons. The number of aryl methyl sites for hydroxylation is 1. The third-order valence-corrected chi connectivity index (χ3v) is 6.32. The minimum atomic E-state index is 0.348. The molecule has 3 aliphatic rings. The van der Waals surface area contributed by atoms with Gasteiger partial charge in [-0.2, -0.15) is 0 Å². The number of rotatable bonds is 8. The van der Waals surface area contributed by atoms with Crippen molar-refractivity contribution in [3.05, 3.63) is 21.8 Å². The monoisotopic (exact) mass is 437 g/mol. The molecule has 2 heterocycles. The molecule has 2 aliphatic carbocycles. The zero-order valence-corrected chi connectivity index (χ0v) is 19.2. The lowest BCUT2D eigenvalue weighted by Crippen LogP contribution is -2.40. The summed E-state index contributed by atoms with van der Waals surface area (Å²) in [6, 6.07) is 0.464. The third kappa shape index (κ3) is 6.33. The number of hydrogen-bond donors (Lipinski definition) is 1. The van der Waals surface area contributed by atoms with E-state index < -0.39 is 0 Å². The number of halogens is 1. The first-order valence-corrected chi connectivity index (χ1v) is 11.5. The van der Waals surface area contributed by atoms with Crippen molar-refractivity contribution in [2.24, 2.45) is 11.8 Å². The molecule has 1 amide bonds. The van der Waals surface area contributed by atoms with Crippen molar-refractivity contribution in [1.82, 2.24) is 14.8 Å². The average molecular weight is 438 g/mol. The lowest BCUT2D eigenvalue weighted by atomic mass is 9.89. The Bertz CT molecular complexity index is 799.